The van der Waals surface area contributed by atoms with E-state index in [0.717, 1.165) is 31.6 Å². The summed E-state index contributed by atoms with van der Waals surface area (Å²) in [6, 6.07) is 6.75. The largest absolute Gasteiger partial charge is 0.478 e. The van der Waals surface area contributed by atoms with Crippen LogP contribution in [-0.4, -0.2) is 33.9 Å². The minimum atomic E-state index is -2.67. The number of halogens is 2. The Balaban J connectivity index is 1.65. The summed E-state index contributed by atoms with van der Waals surface area (Å²) in [5.41, 5.74) is 6.45. The number of anilines is 2. The Kier molecular flexibility index (Phi) is 4.37. The first kappa shape index (κ1) is 16.2. The van der Waals surface area contributed by atoms with Gasteiger partial charge in [0.2, 0.25) is 0 Å². The number of carboxylic acid groups (broad SMARTS) is 1. The molecule has 6 nitrogen and oxygen atoms in total. The number of nitrogens with two attached hydrogens (primary N) is 1. The van der Waals surface area contributed by atoms with Gasteiger partial charge in [-0.15, -0.1) is 0 Å². The molecule has 0 aliphatic carbocycles. The molecule has 1 fully saturated rings. The van der Waals surface area contributed by atoms with Gasteiger partial charge >= 0.3 is 5.97 Å². The van der Waals surface area contributed by atoms with E-state index < -0.39 is 12.4 Å². The first-order valence-corrected chi connectivity index (χ1v) is 7.66. The zero-order chi connectivity index (χ0) is 17.3. The molecule has 1 aromatic heterocycles. The summed E-state index contributed by atoms with van der Waals surface area (Å²) in [4.78, 5) is 13.0. The summed E-state index contributed by atoms with van der Waals surface area (Å²) in [5, 5.41) is 12.8. The Morgan fingerprint density at radius 2 is 1.88 bits per heavy atom. The lowest BCUT2D eigenvalue weighted by atomic mass is 10.0. The van der Waals surface area contributed by atoms with Crippen LogP contribution in [0.15, 0.2) is 30.5 Å². The molecular weight excluding hydrogens is 318 g/mol. The maximum absolute atomic E-state index is 12.8. The predicted molar refractivity (Wildman–Crippen MR) is 85.5 cm³/mol. The fourth-order valence-electron chi connectivity index (χ4n) is 2.98. The van der Waals surface area contributed by atoms with Crippen molar-refractivity contribution in [3.05, 3.63) is 41.7 Å². The molecule has 3 rings (SSSR count). The quantitative estimate of drug-likeness (QED) is 0.897. The van der Waals surface area contributed by atoms with Crippen LogP contribution in [0.1, 0.15) is 41.4 Å². The van der Waals surface area contributed by atoms with Gasteiger partial charge in [0.15, 0.2) is 5.69 Å². The van der Waals surface area contributed by atoms with Gasteiger partial charge in [-0.1, -0.05) is 0 Å². The SMILES string of the molecule is Nc1cn(C2CCN(c3ccc(C(=O)O)cc3)CC2)nc1C(F)F. The van der Waals surface area contributed by atoms with Crippen LogP contribution in [0.5, 0.6) is 0 Å². The summed E-state index contributed by atoms with van der Waals surface area (Å²) in [7, 11) is 0. The van der Waals surface area contributed by atoms with E-state index >= 15 is 0 Å². The standard InChI is InChI=1S/C16H18F2N4O2/c17-15(18)14-13(19)9-22(20-14)12-5-7-21(8-6-12)11-3-1-10(2-4-11)16(23)24/h1-4,9,12,15H,5-8,19H2,(H,23,24). The van der Waals surface area contributed by atoms with Gasteiger partial charge in [0.05, 0.1) is 17.3 Å². The number of aromatic carboxylic acids is 1. The van der Waals surface area contributed by atoms with Crippen molar-refractivity contribution in [1.82, 2.24) is 9.78 Å². The van der Waals surface area contributed by atoms with Crippen LogP contribution in [0.25, 0.3) is 0 Å². The molecule has 0 atom stereocenters. The van der Waals surface area contributed by atoms with Crippen molar-refractivity contribution in [2.45, 2.75) is 25.3 Å². The lowest BCUT2D eigenvalue weighted by Gasteiger charge is -2.33. The molecule has 3 N–H and O–H groups in total. The Morgan fingerprint density at radius 3 is 2.38 bits per heavy atom. The summed E-state index contributed by atoms with van der Waals surface area (Å²) in [6.07, 6.45) is 0.317. The smallest absolute Gasteiger partial charge is 0.335 e. The minimum Gasteiger partial charge on any atom is -0.478 e. The molecular formula is C16H18F2N4O2. The van der Waals surface area contributed by atoms with Crippen molar-refractivity contribution in [1.29, 1.82) is 0 Å². The second kappa shape index (κ2) is 6.46. The third-order valence-corrected chi connectivity index (χ3v) is 4.32. The van der Waals surface area contributed by atoms with E-state index in [1.165, 1.54) is 6.20 Å². The van der Waals surface area contributed by atoms with Crippen LogP contribution in [0.4, 0.5) is 20.2 Å². The zero-order valence-electron chi connectivity index (χ0n) is 12.9. The summed E-state index contributed by atoms with van der Waals surface area (Å²) < 4.78 is 27.1. The van der Waals surface area contributed by atoms with Crippen LogP contribution in [0.3, 0.4) is 0 Å². The molecule has 1 aliphatic heterocycles. The monoisotopic (exact) mass is 336 g/mol. The average Bonchev–Trinajstić information content (AvgIpc) is 2.97. The van der Waals surface area contributed by atoms with E-state index in [9.17, 15) is 13.6 Å². The molecule has 128 valence electrons. The second-order valence-corrected chi connectivity index (χ2v) is 5.82. The molecule has 0 saturated carbocycles. The minimum absolute atomic E-state index is 0.0247. The van der Waals surface area contributed by atoms with Gasteiger partial charge in [-0.05, 0) is 37.1 Å². The number of nitrogens with zero attached hydrogens (tertiary/aromatic N) is 3. The number of nitrogen functional groups attached to an aromatic ring is 1. The highest BCUT2D eigenvalue weighted by molar-refractivity contribution is 5.88. The van der Waals surface area contributed by atoms with Gasteiger partial charge in [0.1, 0.15) is 0 Å². The van der Waals surface area contributed by atoms with Crippen LogP contribution in [-0.2, 0) is 0 Å². The molecule has 0 spiro atoms. The molecule has 1 saturated heterocycles. The number of alkyl halides is 2. The Bertz CT molecular complexity index is 722. The number of benzene rings is 1. The van der Waals surface area contributed by atoms with E-state index in [0.29, 0.717) is 0 Å². The maximum Gasteiger partial charge on any atom is 0.335 e. The van der Waals surface area contributed by atoms with Crippen molar-refractivity contribution < 1.29 is 18.7 Å². The number of carboxylic acids is 1. The molecule has 1 aromatic carbocycles. The van der Waals surface area contributed by atoms with Gasteiger partial charge in [0, 0.05) is 25.0 Å². The number of aromatic nitrogens is 2. The van der Waals surface area contributed by atoms with E-state index in [1.807, 2.05) is 0 Å². The number of carbonyl (C=O) groups is 1. The molecule has 0 radical (unpaired) electrons. The zero-order valence-corrected chi connectivity index (χ0v) is 12.9. The van der Waals surface area contributed by atoms with E-state index in [-0.39, 0.29) is 23.0 Å². The lowest BCUT2D eigenvalue weighted by molar-refractivity contribution is 0.0697. The molecule has 1 aliphatic rings. The summed E-state index contributed by atoms with van der Waals surface area (Å²) in [5.74, 6) is -0.952. The number of piperidine rings is 1. The molecule has 0 bridgehead atoms. The normalized spacial score (nSPS) is 15.9. The van der Waals surface area contributed by atoms with Crippen LogP contribution in [0, 0.1) is 0 Å². The number of rotatable bonds is 4. The highest BCUT2D eigenvalue weighted by Crippen LogP contribution is 2.29. The van der Waals surface area contributed by atoms with E-state index in [4.69, 9.17) is 10.8 Å². The number of hydrogen-bond acceptors (Lipinski definition) is 4. The highest BCUT2D eigenvalue weighted by Gasteiger charge is 2.24. The van der Waals surface area contributed by atoms with E-state index in [1.54, 1.807) is 28.9 Å². The van der Waals surface area contributed by atoms with Gasteiger partial charge in [-0.3, -0.25) is 4.68 Å². The Hall–Kier alpha value is -2.64. The van der Waals surface area contributed by atoms with Crippen molar-refractivity contribution in [2.24, 2.45) is 0 Å². The molecule has 0 unspecified atom stereocenters. The lowest BCUT2D eigenvalue weighted by Crippen LogP contribution is -2.34. The van der Waals surface area contributed by atoms with Crippen molar-refractivity contribution in [3.63, 3.8) is 0 Å². The first-order chi connectivity index (χ1) is 11.5. The maximum atomic E-state index is 12.8. The van der Waals surface area contributed by atoms with Crippen molar-refractivity contribution >= 4 is 17.3 Å². The fraction of sp³-hybridized carbons (Fsp3) is 0.375. The Morgan fingerprint density at radius 1 is 1.25 bits per heavy atom. The molecule has 2 heterocycles. The van der Waals surface area contributed by atoms with Crippen LogP contribution in [0.2, 0.25) is 0 Å². The van der Waals surface area contributed by atoms with Crippen LogP contribution >= 0.6 is 0 Å². The summed E-state index contributed by atoms with van der Waals surface area (Å²) >= 11 is 0. The second-order valence-electron chi connectivity index (χ2n) is 5.82. The third-order valence-electron chi connectivity index (χ3n) is 4.32. The van der Waals surface area contributed by atoms with Gasteiger partial charge in [0.25, 0.3) is 6.43 Å². The fourth-order valence-corrected chi connectivity index (χ4v) is 2.98. The van der Waals surface area contributed by atoms with Gasteiger partial charge in [-0.25, -0.2) is 13.6 Å². The molecule has 8 heteroatoms. The topological polar surface area (TPSA) is 84.4 Å². The van der Waals surface area contributed by atoms with Gasteiger partial charge in [-0.2, -0.15) is 5.10 Å². The first-order valence-electron chi connectivity index (χ1n) is 7.66. The van der Waals surface area contributed by atoms with E-state index in [2.05, 4.69) is 10.00 Å². The predicted octanol–water partition coefficient (Wildman–Crippen LogP) is 2.94. The van der Waals surface area contributed by atoms with Gasteiger partial charge < -0.3 is 15.7 Å². The average molecular weight is 336 g/mol. The summed E-state index contributed by atoms with van der Waals surface area (Å²) in [6.45, 7) is 1.47. The Labute approximate surface area is 137 Å². The molecule has 24 heavy (non-hydrogen) atoms. The number of hydrogen-bond donors (Lipinski definition) is 2. The van der Waals surface area contributed by atoms with Crippen molar-refractivity contribution in [3.8, 4) is 0 Å². The van der Waals surface area contributed by atoms with Crippen LogP contribution < -0.4 is 10.6 Å². The molecule has 2 aromatic rings. The van der Waals surface area contributed by atoms with Crippen molar-refractivity contribution in [2.75, 3.05) is 23.7 Å². The highest BCUT2D eigenvalue weighted by atomic mass is 19.3. The molecule has 0 amide bonds. The third kappa shape index (κ3) is 3.17.